The van der Waals surface area contributed by atoms with Gasteiger partial charge in [-0.3, -0.25) is 0 Å². The van der Waals surface area contributed by atoms with Crippen LogP contribution in [0.3, 0.4) is 0 Å². The van der Waals surface area contributed by atoms with Crippen LogP contribution in [0.1, 0.15) is 36.8 Å². The molecule has 0 radical (unpaired) electrons. The summed E-state index contributed by atoms with van der Waals surface area (Å²) in [7, 11) is 0. The Hall–Kier alpha value is -1.31. The van der Waals surface area contributed by atoms with Crippen molar-refractivity contribution >= 4 is 6.21 Å². The molecular formula is C14H19NO. The maximum atomic E-state index is 5.31. The van der Waals surface area contributed by atoms with Crippen LogP contribution in [0.15, 0.2) is 29.4 Å². The molecule has 1 aromatic rings. The first-order valence-electron chi connectivity index (χ1n) is 6.05. The summed E-state index contributed by atoms with van der Waals surface area (Å²) in [6.45, 7) is 2.66. The highest BCUT2D eigenvalue weighted by molar-refractivity contribution is 5.60. The standard InChI is InChI=1S/C14H19NO/c1-12-5-4-8-14(9-12)11-16-15-10-13-6-2-3-7-13/h4-5,8-10,13H,2-3,6-7,11H2,1H3. The largest absolute Gasteiger partial charge is 0.391 e. The molecule has 1 aromatic carbocycles. The summed E-state index contributed by atoms with van der Waals surface area (Å²) in [5.74, 6) is 0.650. The first-order chi connectivity index (χ1) is 7.84. The third-order valence-electron chi connectivity index (χ3n) is 3.06. The Labute approximate surface area is 97.3 Å². The predicted octanol–water partition coefficient (Wildman–Crippen LogP) is 3.69. The molecule has 2 nitrogen and oxygen atoms in total. The van der Waals surface area contributed by atoms with Gasteiger partial charge in [-0.2, -0.15) is 0 Å². The monoisotopic (exact) mass is 217 g/mol. The summed E-state index contributed by atoms with van der Waals surface area (Å²) in [5.41, 5.74) is 2.45. The van der Waals surface area contributed by atoms with Crippen LogP contribution >= 0.6 is 0 Å². The van der Waals surface area contributed by atoms with Crippen LogP contribution < -0.4 is 0 Å². The number of aryl methyl sites for hydroxylation is 1. The Morgan fingerprint density at radius 1 is 1.38 bits per heavy atom. The molecule has 0 N–H and O–H groups in total. The van der Waals surface area contributed by atoms with E-state index in [0.29, 0.717) is 12.5 Å². The smallest absolute Gasteiger partial charge is 0.142 e. The lowest BCUT2D eigenvalue weighted by atomic mass is 10.1. The molecule has 0 spiro atoms. The zero-order chi connectivity index (χ0) is 11.2. The molecule has 86 valence electrons. The van der Waals surface area contributed by atoms with E-state index in [9.17, 15) is 0 Å². The van der Waals surface area contributed by atoms with Crippen LogP contribution in [0.5, 0.6) is 0 Å². The van der Waals surface area contributed by atoms with E-state index < -0.39 is 0 Å². The molecule has 0 unspecified atom stereocenters. The topological polar surface area (TPSA) is 21.6 Å². The van der Waals surface area contributed by atoms with Crippen molar-refractivity contribution in [2.24, 2.45) is 11.1 Å². The molecule has 0 heterocycles. The maximum Gasteiger partial charge on any atom is 0.142 e. The van der Waals surface area contributed by atoms with Crippen LogP contribution in [-0.4, -0.2) is 6.21 Å². The zero-order valence-electron chi connectivity index (χ0n) is 9.86. The summed E-state index contributed by atoms with van der Waals surface area (Å²) < 4.78 is 0. The van der Waals surface area contributed by atoms with E-state index in [2.05, 4.69) is 36.3 Å². The number of oxime groups is 1. The molecule has 0 amide bonds. The summed E-state index contributed by atoms with van der Waals surface area (Å²) in [5, 5.41) is 4.05. The van der Waals surface area contributed by atoms with Gasteiger partial charge in [0.2, 0.25) is 0 Å². The van der Waals surface area contributed by atoms with E-state index in [-0.39, 0.29) is 0 Å². The summed E-state index contributed by atoms with van der Waals surface area (Å²) >= 11 is 0. The molecule has 1 fully saturated rings. The Morgan fingerprint density at radius 3 is 2.94 bits per heavy atom. The van der Waals surface area contributed by atoms with Gasteiger partial charge in [-0.05, 0) is 31.2 Å². The van der Waals surface area contributed by atoms with Crippen LogP contribution in [0.25, 0.3) is 0 Å². The second-order valence-corrected chi connectivity index (χ2v) is 4.56. The lowest BCUT2D eigenvalue weighted by Gasteiger charge is -2.02. The highest BCUT2D eigenvalue weighted by atomic mass is 16.6. The highest BCUT2D eigenvalue weighted by Crippen LogP contribution is 2.22. The van der Waals surface area contributed by atoms with Crippen LogP contribution in [-0.2, 0) is 11.4 Å². The molecule has 2 rings (SSSR count). The van der Waals surface area contributed by atoms with Gasteiger partial charge < -0.3 is 4.84 Å². The summed E-state index contributed by atoms with van der Waals surface area (Å²) in [6, 6.07) is 8.34. The third kappa shape index (κ3) is 3.37. The van der Waals surface area contributed by atoms with Crippen molar-refractivity contribution in [1.82, 2.24) is 0 Å². The molecule has 1 aliphatic carbocycles. The first-order valence-corrected chi connectivity index (χ1v) is 6.05. The van der Waals surface area contributed by atoms with Crippen molar-refractivity contribution < 1.29 is 4.84 Å². The molecular weight excluding hydrogens is 198 g/mol. The van der Waals surface area contributed by atoms with Crippen molar-refractivity contribution in [2.45, 2.75) is 39.2 Å². The van der Waals surface area contributed by atoms with Gasteiger partial charge in [-0.25, -0.2) is 0 Å². The number of hydrogen-bond acceptors (Lipinski definition) is 2. The average molecular weight is 217 g/mol. The van der Waals surface area contributed by atoms with E-state index in [4.69, 9.17) is 4.84 Å². The van der Waals surface area contributed by atoms with E-state index in [0.717, 1.165) is 0 Å². The SMILES string of the molecule is Cc1cccc(CON=CC2CCCC2)c1. The molecule has 16 heavy (non-hydrogen) atoms. The molecule has 0 aliphatic heterocycles. The van der Waals surface area contributed by atoms with E-state index in [1.807, 2.05) is 6.21 Å². The fourth-order valence-corrected chi connectivity index (χ4v) is 2.15. The molecule has 0 bridgehead atoms. The Balaban J connectivity index is 1.75. The van der Waals surface area contributed by atoms with Crippen LogP contribution in [0.2, 0.25) is 0 Å². The van der Waals surface area contributed by atoms with Crippen molar-refractivity contribution in [2.75, 3.05) is 0 Å². The van der Waals surface area contributed by atoms with Crippen molar-refractivity contribution in [3.63, 3.8) is 0 Å². The molecule has 2 heteroatoms. The van der Waals surface area contributed by atoms with Gasteiger partial charge in [0.1, 0.15) is 6.61 Å². The molecule has 1 aliphatic rings. The first kappa shape index (κ1) is 11.2. The number of rotatable bonds is 4. The van der Waals surface area contributed by atoms with Gasteiger partial charge in [-0.1, -0.05) is 47.8 Å². The van der Waals surface area contributed by atoms with Gasteiger partial charge in [-0.15, -0.1) is 0 Å². The number of hydrogen-bond donors (Lipinski definition) is 0. The quantitative estimate of drug-likeness (QED) is 0.557. The van der Waals surface area contributed by atoms with Gasteiger partial charge >= 0.3 is 0 Å². The highest BCUT2D eigenvalue weighted by Gasteiger charge is 2.12. The molecule has 0 saturated heterocycles. The molecule has 0 atom stereocenters. The molecule has 0 aromatic heterocycles. The van der Waals surface area contributed by atoms with E-state index in [1.54, 1.807) is 0 Å². The van der Waals surface area contributed by atoms with Crippen LogP contribution in [0, 0.1) is 12.8 Å². The van der Waals surface area contributed by atoms with Crippen molar-refractivity contribution in [1.29, 1.82) is 0 Å². The summed E-state index contributed by atoms with van der Waals surface area (Å²) in [4.78, 5) is 5.31. The predicted molar refractivity (Wildman–Crippen MR) is 66.4 cm³/mol. The third-order valence-corrected chi connectivity index (χ3v) is 3.06. The van der Waals surface area contributed by atoms with E-state index >= 15 is 0 Å². The minimum atomic E-state index is 0.574. The van der Waals surface area contributed by atoms with Gasteiger partial charge in [0.25, 0.3) is 0 Å². The van der Waals surface area contributed by atoms with Crippen molar-refractivity contribution in [3.8, 4) is 0 Å². The summed E-state index contributed by atoms with van der Waals surface area (Å²) in [6.07, 6.45) is 7.21. The fourth-order valence-electron chi connectivity index (χ4n) is 2.15. The Morgan fingerprint density at radius 2 is 2.19 bits per heavy atom. The van der Waals surface area contributed by atoms with Crippen molar-refractivity contribution in [3.05, 3.63) is 35.4 Å². The van der Waals surface area contributed by atoms with Gasteiger partial charge in [0.15, 0.2) is 0 Å². The van der Waals surface area contributed by atoms with Crippen LogP contribution in [0.4, 0.5) is 0 Å². The Bertz CT molecular complexity index is 354. The van der Waals surface area contributed by atoms with Gasteiger partial charge in [0.05, 0.1) is 0 Å². The zero-order valence-corrected chi connectivity index (χ0v) is 9.86. The minimum absolute atomic E-state index is 0.574. The molecule has 1 saturated carbocycles. The Kier molecular flexibility index (Phi) is 3.97. The minimum Gasteiger partial charge on any atom is -0.391 e. The fraction of sp³-hybridized carbons (Fsp3) is 0.500. The maximum absolute atomic E-state index is 5.31. The van der Waals surface area contributed by atoms with Gasteiger partial charge in [0, 0.05) is 6.21 Å². The second kappa shape index (κ2) is 5.69. The lowest BCUT2D eigenvalue weighted by Crippen LogP contribution is -1.95. The number of benzene rings is 1. The van der Waals surface area contributed by atoms with E-state index in [1.165, 1.54) is 36.8 Å². The number of nitrogens with zero attached hydrogens (tertiary/aromatic N) is 1. The average Bonchev–Trinajstić information content (AvgIpc) is 2.77. The normalized spacial score (nSPS) is 17.1. The second-order valence-electron chi connectivity index (χ2n) is 4.56. The lowest BCUT2D eigenvalue weighted by molar-refractivity contribution is 0.130.